The number of carbonyl (C=O) groups excluding carboxylic acids is 2. The minimum absolute atomic E-state index is 0.0868. The fourth-order valence-corrected chi connectivity index (χ4v) is 3.91. The van der Waals surface area contributed by atoms with Crippen molar-refractivity contribution in [1.29, 1.82) is 0 Å². The van der Waals surface area contributed by atoms with Crippen LogP contribution in [0.4, 0.5) is 0 Å². The van der Waals surface area contributed by atoms with Crippen LogP contribution in [-0.2, 0) is 23.8 Å². The molecule has 0 amide bonds. The molecule has 0 aromatic heterocycles. The molecule has 5 nitrogen and oxygen atoms in total. The maximum atomic E-state index is 12.1. The molecule has 0 spiro atoms. The maximum Gasteiger partial charge on any atom is 0.309 e. The third-order valence-electron chi connectivity index (χ3n) is 5.22. The number of allylic oxidation sites excluding steroid dienone is 1. The monoisotopic (exact) mass is 308 g/mol. The number of fused-ring (bicyclic) bond motifs is 3. The molecule has 0 aromatic carbocycles. The lowest BCUT2D eigenvalue weighted by atomic mass is 9.79. The van der Waals surface area contributed by atoms with Gasteiger partial charge in [0.15, 0.2) is 0 Å². The molecule has 2 heterocycles. The normalized spacial score (nSPS) is 44.3. The van der Waals surface area contributed by atoms with Crippen molar-refractivity contribution in [2.45, 2.75) is 70.9 Å². The van der Waals surface area contributed by atoms with Gasteiger partial charge in [-0.1, -0.05) is 18.6 Å². The number of epoxide rings is 1. The van der Waals surface area contributed by atoms with E-state index in [0.29, 0.717) is 6.42 Å². The topological polar surface area (TPSA) is 65.1 Å². The molecule has 0 aromatic rings. The van der Waals surface area contributed by atoms with E-state index in [1.165, 1.54) is 12.5 Å². The summed E-state index contributed by atoms with van der Waals surface area (Å²) in [6, 6.07) is 0. The van der Waals surface area contributed by atoms with E-state index in [1.807, 2.05) is 13.8 Å². The molecule has 1 aliphatic carbocycles. The van der Waals surface area contributed by atoms with E-state index in [1.54, 1.807) is 0 Å². The average Bonchev–Trinajstić information content (AvgIpc) is 2.98. The SMILES string of the molecule is CC(=O)OC1CC(C)=CCCC2(C)OC2C2OC(=O)C(C)C12. The van der Waals surface area contributed by atoms with Crippen LogP contribution in [0, 0.1) is 11.8 Å². The molecule has 0 radical (unpaired) electrons. The first-order chi connectivity index (χ1) is 10.3. The highest BCUT2D eigenvalue weighted by atomic mass is 16.6. The first-order valence-electron chi connectivity index (χ1n) is 8.03. The van der Waals surface area contributed by atoms with Crippen LogP contribution >= 0.6 is 0 Å². The second-order valence-corrected chi connectivity index (χ2v) is 7.06. The van der Waals surface area contributed by atoms with E-state index in [4.69, 9.17) is 14.2 Å². The zero-order chi connectivity index (χ0) is 16.1. The summed E-state index contributed by atoms with van der Waals surface area (Å²) in [6.07, 6.45) is 3.93. The minimum Gasteiger partial charge on any atom is -0.462 e. The van der Waals surface area contributed by atoms with Crippen LogP contribution in [-0.4, -0.2) is 35.9 Å². The van der Waals surface area contributed by atoms with E-state index in [9.17, 15) is 9.59 Å². The highest BCUT2D eigenvalue weighted by molar-refractivity contribution is 5.75. The van der Waals surface area contributed by atoms with Gasteiger partial charge in [0.2, 0.25) is 0 Å². The summed E-state index contributed by atoms with van der Waals surface area (Å²) in [7, 11) is 0. The molecule has 5 heteroatoms. The summed E-state index contributed by atoms with van der Waals surface area (Å²) in [4.78, 5) is 23.6. The number of hydrogen-bond donors (Lipinski definition) is 0. The van der Waals surface area contributed by atoms with E-state index >= 15 is 0 Å². The first-order valence-corrected chi connectivity index (χ1v) is 8.03. The van der Waals surface area contributed by atoms with Crippen LogP contribution in [0.3, 0.4) is 0 Å². The van der Waals surface area contributed by atoms with Gasteiger partial charge in [-0.15, -0.1) is 0 Å². The summed E-state index contributed by atoms with van der Waals surface area (Å²) >= 11 is 0. The van der Waals surface area contributed by atoms with Crippen molar-refractivity contribution in [2.24, 2.45) is 11.8 Å². The number of esters is 2. The number of ether oxygens (including phenoxy) is 3. The van der Waals surface area contributed by atoms with Gasteiger partial charge >= 0.3 is 11.9 Å². The Bertz CT molecular complexity index is 525. The molecular formula is C17H24O5. The summed E-state index contributed by atoms with van der Waals surface area (Å²) in [5.41, 5.74) is 0.946. The van der Waals surface area contributed by atoms with E-state index < -0.39 is 0 Å². The first kappa shape index (κ1) is 15.5. The molecule has 2 saturated heterocycles. The minimum atomic E-state index is -0.341. The fraction of sp³-hybridized carbons (Fsp3) is 0.765. The Labute approximate surface area is 131 Å². The molecule has 0 saturated carbocycles. The number of rotatable bonds is 1. The smallest absolute Gasteiger partial charge is 0.309 e. The zero-order valence-electron chi connectivity index (χ0n) is 13.6. The lowest BCUT2D eigenvalue weighted by molar-refractivity contribution is -0.151. The van der Waals surface area contributed by atoms with Crippen molar-refractivity contribution < 1.29 is 23.8 Å². The van der Waals surface area contributed by atoms with Gasteiger partial charge in [-0.3, -0.25) is 9.59 Å². The largest absolute Gasteiger partial charge is 0.462 e. The van der Waals surface area contributed by atoms with Gasteiger partial charge in [0.25, 0.3) is 0 Å². The van der Waals surface area contributed by atoms with Crippen LogP contribution in [0.15, 0.2) is 11.6 Å². The third-order valence-corrected chi connectivity index (χ3v) is 5.22. The van der Waals surface area contributed by atoms with Crippen molar-refractivity contribution in [2.75, 3.05) is 0 Å². The molecule has 6 unspecified atom stereocenters. The Morgan fingerprint density at radius 2 is 2.18 bits per heavy atom. The Morgan fingerprint density at radius 1 is 1.45 bits per heavy atom. The van der Waals surface area contributed by atoms with Gasteiger partial charge in [0, 0.05) is 19.3 Å². The molecule has 3 aliphatic rings. The van der Waals surface area contributed by atoms with Crippen molar-refractivity contribution >= 4 is 11.9 Å². The second kappa shape index (κ2) is 5.37. The zero-order valence-corrected chi connectivity index (χ0v) is 13.6. The summed E-state index contributed by atoms with van der Waals surface area (Å²) in [6.45, 7) is 7.38. The summed E-state index contributed by atoms with van der Waals surface area (Å²) in [5, 5.41) is 0. The third kappa shape index (κ3) is 2.67. The Morgan fingerprint density at radius 3 is 2.86 bits per heavy atom. The molecule has 3 rings (SSSR count). The quantitative estimate of drug-likeness (QED) is 0.423. The van der Waals surface area contributed by atoms with E-state index in [0.717, 1.165) is 12.8 Å². The Hall–Kier alpha value is -1.36. The predicted molar refractivity (Wildman–Crippen MR) is 79.0 cm³/mol. The fourth-order valence-electron chi connectivity index (χ4n) is 3.91. The number of hydrogen-bond acceptors (Lipinski definition) is 5. The molecule has 122 valence electrons. The van der Waals surface area contributed by atoms with Gasteiger partial charge in [-0.25, -0.2) is 0 Å². The van der Waals surface area contributed by atoms with Gasteiger partial charge < -0.3 is 14.2 Å². The summed E-state index contributed by atoms with van der Waals surface area (Å²) < 4.78 is 17.0. The van der Waals surface area contributed by atoms with Crippen molar-refractivity contribution in [1.82, 2.24) is 0 Å². The lowest BCUT2D eigenvalue weighted by Gasteiger charge is -2.29. The lowest BCUT2D eigenvalue weighted by Crippen LogP contribution is -2.39. The van der Waals surface area contributed by atoms with Crippen molar-refractivity contribution in [3.05, 3.63) is 11.6 Å². The number of carbonyl (C=O) groups is 2. The van der Waals surface area contributed by atoms with Crippen molar-refractivity contribution in [3.63, 3.8) is 0 Å². The predicted octanol–water partition coefficient (Wildman–Crippen LogP) is 2.38. The highest BCUT2D eigenvalue weighted by Crippen LogP contribution is 2.50. The molecule has 2 aliphatic heterocycles. The van der Waals surface area contributed by atoms with Crippen LogP contribution < -0.4 is 0 Å². The maximum absolute atomic E-state index is 12.1. The Kier molecular flexibility index (Phi) is 3.79. The van der Waals surface area contributed by atoms with Gasteiger partial charge in [-0.05, 0) is 26.7 Å². The molecule has 6 atom stereocenters. The average molecular weight is 308 g/mol. The van der Waals surface area contributed by atoms with Gasteiger partial charge in [0.05, 0.1) is 11.5 Å². The second-order valence-electron chi connectivity index (χ2n) is 7.06. The van der Waals surface area contributed by atoms with Gasteiger partial charge in [-0.2, -0.15) is 0 Å². The standard InChI is InChI=1S/C17H24O5/c1-9-6-5-7-17(4)15(22-17)14-13(10(2)16(19)21-14)12(8-9)20-11(3)18/h6,10,12-15H,5,7-8H2,1-4H3. The molecule has 0 N–H and O–H groups in total. The van der Waals surface area contributed by atoms with Crippen LogP contribution in [0.1, 0.15) is 47.0 Å². The highest BCUT2D eigenvalue weighted by Gasteiger charge is 2.63. The van der Waals surface area contributed by atoms with Crippen LogP contribution in [0.5, 0.6) is 0 Å². The van der Waals surface area contributed by atoms with Crippen molar-refractivity contribution in [3.8, 4) is 0 Å². The molecule has 2 fully saturated rings. The molecular weight excluding hydrogens is 284 g/mol. The van der Waals surface area contributed by atoms with Crippen LogP contribution in [0.2, 0.25) is 0 Å². The molecule has 0 bridgehead atoms. The Balaban J connectivity index is 1.94. The molecule has 22 heavy (non-hydrogen) atoms. The van der Waals surface area contributed by atoms with E-state index in [2.05, 4.69) is 13.0 Å². The summed E-state index contributed by atoms with van der Waals surface area (Å²) in [5.74, 6) is -0.967. The van der Waals surface area contributed by atoms with Crippen LogP contribution in [0.25, 0.3) is 0 Å². The van der Waals surface area contributed by atoms with E-state index in [-0.39, 0.29) is 47.7 Å². The van der Waals surface area contributed by atoms with Gasteiger partial charge in [0.1, 0.15) is 18.3 Å².